The second-order valence-electron chi connectivity index (χ2n) is 6.80. The maximum Gasteiger partial charge on any atom is 0.317 e. The molecule has 0 bridgehead atoms. The summed E-state index contributed by atoms with van der Waals surface area (Å²) < 4.78 is 0. The summed E-state index contributed by atoms with van der Waals surface area (Å²) in [7, 11) is 0. The summed E-state index contributed by atoms with van der Waals surface area (Å²) in [6.07, 6.45) is 1.74. The van der Waals surface area contributed by atoms with Crippen LogP contribution in [0.5, 0.6) is 0 Å². The Balaban J connectivity index is 1.91. The first-order valence-electron chi connectivity index (χ1n) is 9.09. The second kappa shape index (κ2) is 9.35. The lowest BCUT2D eigenvalue weighted by molar-refractivity contribution is -0.139. The predicted molar refractivity (Wildman–Crippen MR) is 104 cm³/mol. The van der Waals surface area contributed by atoms with Gasteiger partial charge in [-0.15, -0.1) is 0 Å². The minimum absolute atomic E-state index is 0.0494. The minimum Gasteiger partial charge on any atom is -0.480 e. The molecule has 1 fully saturated rings. The number of carboxylic acids is 1. The van der Waals surface area contributed by atoms with E-state index in [-0.39, 0.29) is 24.5 Å². The van der Waals surface area contributed by atoms with Gasteiger partial charge < -0.3 is 10.4 Å². The van der Waals surface area contributed by atoms with Crippen molar-refractivity contribution in [1.29, 1.82) is 0 Å². The highest BCUT2D eigenvalue weighted by molar-refractivity contribution is 6.31. The molecule has 1 amide bonds. The van der Waals surface area contributed by atoms with E-state index in [1.807, 2.05) is 37.8 Å². The van der Waals surface area contributed by atoms with Crippen LogP contribution in [0.25, 0.3) is 0 Å². The second-order valence-corrected chi connectivity index (χ2v) is 7.21. The molecule has 1 aliphatic rings. The van der Waals surface area contributed by atoms with Gasteiger partial charge in [0.2, 0.25) is 5.91 Å². The zero-order valence-corrected chi connectivity index (χ0v) is 16.4. The Morgan fingerprint density at radius 1 is 1.38 bits per heavy atom. The first-order valence-corrected chi connectivity index (χ1v) is 9.47. The first-order chi connectivity index (χ1) is 12.3. The molecular weight excluding hydrogens is 354 g/mol. The predicted octanol–water partition coefficient (Wildman–Crippen LogP) is 2.85. The van der Waals surface area contributed by atoms with E-state index in [4.69, 9.17) is 16.7 Å². The van der Waals surface area contributed by atoms with Crippen LogP contribution in [0.2, 0.25) is 5.02 Å². The number of carbonyl (C=O) groups excluding carboxylic acids is 1. The Bertz CT molecular complexity index is 645. The average Bonchev–Trinajstić information content (AvgIpc) is 2.63. The van der Waals surface area contributed by atoms with Gasteiger partial charge in [0.15, 0.2) is 0 Å². The Hall–Kier alpha value is -1.63. The van der Waals surface area contributed by atoms with Crippen molar-refractivity contribution in [3.63, 3.8) is 0 Å². The lowest BCUT2D eigenvalue weighted by Gasteiger charge is -2.39. The molecule has 1 aliphatic heterocycles. The molecule has 2 N–H and O–H groups in total. The van der Waals surface area contributed by atoms with Gasteiger partial charge in [-0.2, -0.15) is 0 Å². The lowest BCUT2D eigenvalue weighted by atomic mass is 10.0. The van der Waals surface area contributed by atoms with Gasteiger partial charge in [0.25, 0.3) is 0 Å². The highest BCUT2D eigenvalue weighted by Crippen LogP contribution is 2.24. The number of benzene rings is 1. The molecule has 2 rings (SSSR count). The normalized spacial score (nSPS) is 17.3. The summed E-state index contributed by atoms with van der Waals surface area (Å²) in [6.45, 7) is 8.14. The Kier molecular flexibility index (Phi) is 7.43. The molecule has 26 heavy (non-hydrogen) atoms. The van der Waals surface area contributed by atoms with Crippen LogP contribution in [0.3, 0.4) is 0 Å². The fraction of sp³-hybridized carbons (Fsp3) is 0.579. The molecule has 144 valence electrons. The zero-order valence-electron chi connectivity index (χ0n) is 15.7. The lowest BCUT2D eigenvalue weighted by Crippen LogP contribution is -2.51. The Morgan fingerprint density at radius 2 is 2.04 bits per heavy atom. The number of nitrogens with one attached hydrogen (secondary N) is 1. The van der Waals surface area contributed by atoms with Gasteiger partial charge in [-0.05, 0) is 50.9 Å². The first kappa shape index (κ1) is 20.7. The van der Waals surface area contributed by atoms with Crippen LogP contribution in [0.15, 0.2) is 18.2 Å². The molecule has 0 aromatic heterocycles. The number of halogens is 1. The molecule has 1 saturated heterocycles. The van der Waals surface area contributed by atoms with Gasteiger partial charge in [-0.1, -0.05) is 24.6 Å². The number of hydrogen-bond acceptors (Lipinski definition) is 4. The largest absolute Gasteiger partial charge is 0.480 e. The molecule has 1 atom stereocenters. The van der Waals surface area contributed by atoms with Gasteiger partial charge in [-0.25, -0.2) is 0 Å². The van der Waals surface area contributed by atoms with Gasteiger partial charge in [0.05, 0.1) is 12.6 Å². The van der Waals surface area contributed by atoms with Crippen LogP contribution in [0.4, 0.5) is 5.69 Å². The molecule has 0 radical (unpaired) electrons. The summed E-state index contributed by atoms with van der Waals surface area (Å²) in [4.78, 5) is 27.7. The van der Waals surface area contributed by atoms with Crippen molar-refractivity contribution in [1.82, 2.24) is 9.80 Å². The molecule has 0 saturated carbocycles. The highest BCUT2D eigenvalue weighted by Gasteiger charge is 2.29. The molecule has 6 nitrogen and oxygen atoms in total. The van der Waals surface area contributed by atoms with Gasteiger partial charge in [-0.3, -0.25) is 19.4 Å². The van der Waals surface area contributed by atoms with E-state index in [1.165, 1.54) is 0 Å². The minimum atomic E-state index is -0.793. The molecule has 1 aromatic rings. The number of anilines is 1. The van der Waals surface area contributed by atoms with Crippen molar-refractivity contribution in [2.75, 3.05) is 31.5 Å². The van der Waals surface area contributed by atoms with Crippen molar-refractivity contribution < 1.29 is 14.7 Å². The van der Waals surface area contributed by atoms with Crippen molar-refractivity contribution in [3.8, 4) is 0 Å². The maximum absolute atomic E-state index is 12.6. The number of amides is 1. The summed E-state index contributed by atoms with van der Waals surface area (Å²) in [5.41, 5.74) is 1.60. The van der Waals surface area contributed by atoms with E-state index in [0.29, 0.717) is 5.02 Å². The van der Waals surface area contributed by atoms with E-state index in [0.717, 1.165) is 43.7 Å². The standard InChI is InChI=1S/C19H28ClN3O3/c1-4-22(12-18(24)25)15-8-10-23(11-9-15)14(3)19(26)21-17-7-5-6-16(20)13(17)2/h5-7,14-15H,4,8-12H2,1-3H3,(H,21,26)(H,24,25). The molecule has 0 aliphatic carbocycles. The van der Waals surface area contributed by atoms with Crippen molar-refractivity contribution >= 4 is 29.2 Å². The van der Waals surface area contributed by atoms with Crippen LogP contribution in [0.1, 0.15) is 32.3 Å². The number of nitrogens with zero attached hydrogens (tertiary/aromatic N) is 2. The highest BCUT2D eigenvalue weighted by atomic mass is 35.5. The number of carboxylic acid groups (broad SMARTS) is 1. The summed E-state index contributed by atoms with van der Waals surface area (Å²) >= 11 is 6.11. The van der Waals surface area contributed by atoms with Crippen LogP contribution in [-0.2, 0) is 9.59 Å². The van der Waals surface area contributed by atoms with E-state index in [2.05, 4.69) is 10.2 Å². The smallest absolute Gasteiger partial charge is 0.317 e. The fourth-order valence-corrected chi connectivity index (χ4v) is 3.63. The Morgan fingerprint density at radius 3 is 2.62 bits per heavy atom. The summed E-state index contributed by atoms with van der Waals surface area (Å²) in [5, 5.41) is 12.6. The summed E-state index contributed by atoms with van der Waals surface area (Å²) in [6, 6.07) is 5.49. The number of piperidine rings is 1. The van der Waals surface area contributed by atoms with Crippen molar-refractivity contribution in [3.05, 3.63) is 28.8 Å². The number of aliphatic carboxylic acids is 1. The van der Waals surface area contributed by atoms with E-state index < -0.39 is 5.97 Å². The molecule has 1 aromatic carbocycles. The van der Waals surface area contributed by atoms with Crippen LogP contribution in [-0.4, -0.2) is 65.0 Å². The molecule has 1 heterocycles. The third-order valence-corrected chi connectivity index (χ3v) is 5.62. The third kappa shape index (κ3) is 5.19. The number of likely N-dealkylation sites (tertiary alicyclic amines) is 1. The monoisotopic (exact) mass is 381 g/mol. The molecule has 7 heteroatoms. The van der Waals surface area contributed by atoms with Crippen molar-refractivity contribution in [2.24, 2.45) is 0 Å². The average molecular weight is 382 g/mol. The Labute approximate surface area is 160 Å². The number of carbonyl (C=O) groups is 2. The quantitative estimate of drug-likeness (QED) is 0.759. The SMILES string of the molecule is CCN(CC(=O)O)C1CCN(C(C)C(=O)Nc2cccc(Cl)c2C)CC1. The zero-order chi connectivity index (χ0) is 19.3. The fourth-order valence-electron chi connectivity index (χ4n) is 3.46. The van der Waals surface area contributed by atoms with Crippen LogP contribution >= 0.6 is 11.6 Å². The molecule has 1 unspecified atom stereocenters. The number of likely N-dealkylation sites (N-methyl/N-ethyl adjacent to an activating group) is 1. The van der Waals surface area contributed by atoms with E-state index in [9.17, 15) is 9.59 Å². The number of hydrogen-bond donors (Lipinski definition) is 2. The van der Waals surface area contributed by atoms with Crippen LogP contribution < -0.4 is 5.32 Å². The van der Waals surface area contributed by atoms with Crippen molar-refractivity contribution in [2.45, 2.75) is 45.7 Å². The summed E-state index contributed by atoms with van der Waals surface area (Å²) in [5.74, 6) is -0.842. The van der Waals surface area contributed by atoms with Gasteiger partial charge >= 0.3 is 5.97 Å². The van der Waals surface area contributed by atoms with E-state index >= 15 is 0 Å². The topological polar surface area (TPSA) is 72.9 Å². The molecular formula is C19H28ClN3O3. The van der Waals surface area contributed by atoms with Crippen LogP contribution in [0, 0.1) is 6.92 Å². The maximum atomic E-state index is 12.6. The van der Waals surface area contributed by atoms with E-state index in [1.54, 1.807) is 6.07 Å². The van der Waals surface area contributed by atoms with Gasteiger partial charge in [0, 0.05) is 29.8 Å². The number of rotatable bonds is 7. The van der Waals surface area contributed by atoms with Gasteiger partial charge in [0.1, 0.15) is 0 Å². The third-order valence-electron chi connectivity index (χ3n) is 5.21. The molecule has 0 spiro atoms.